The van der Waals surface area contributed by atoms with E-state index in [1.54, 1.807) is 29.2 Å². The van der Waals surface area contributed by atoms with Gasteiger partial charge in [-0.3, -0.25) is 4.79 Å². The third kappa shape index (κ3) is 5.62. The van der Waals surface area contributed by atoms with Crippen LogP contribution in [0, 0.1) is 0 Å². The number of piperidine rings is 1. The molecule has 5 nitrogen and oxygen atoms in total. The predicted octanol–water partition coefficient (Wildman–Crippen LogP) is 2.41. The van der Waals surface area contributed by atoms with Gasteiger partial charge in [-0.1, -0.05) is 12.1 Å². The Morgan fingerprint density at radius 3 is 2.52 bits per heavy atom. The van der Waals surface area contributed by atoms with E-state index < -0.39 is 11.5 Å². The normalized spacial score (nSPS) is 26.6. The van der Waals surface area contributed by atoms with Crippen LogP contribution in [-0.4, -0.2) is 70.2 Å². The van der Waals surface area contributed by atoms with Crippen molar-refractivity contribution >= 4 is 5.91 Å². The number of carbonyl (C=O) groups excluding carboxylic acids is 1. The number of carbonyl (C=O) groups is 1. The van der Waals surface area contributed by atoms with Crippen molar-refractivity contribution in [2.75, 3.05) is 32.7 Å². The molecule has 3 rings (SSSR count). The van der Waals surface area contributed by atoms with Gasteiger partial charge in [0, 0.05) is 45.6 Å². The molecule has 2 heterocycles. The standard InChI is InChI=1S/C20H28F2N2O3/c21-20(22)7-10-23(11-8-20)15-19(27)5-2-9-24(12-6-19)18(26)14-16-3-1-4-17(25)13-16/h1,3-4,13,25,27H,2,5-12,14-15H2/t19-/m0/s1. The van der Waals surface area contributed by atoms with Gasteiger partial charge in [-0.15, -0.1) is 0 Å². The van der Waals surface area contributed by atoms with Gasteiger partial charge in [-0.2, -0.15) is 0 Å². The summed E-state index contributed by atoms with van der Waals surface area (Å²) in [7, 11) is 0. The number of benzene rings is 1. The number of phenols is 1. The number of alkyl halides is 2. The van der Waals surface area contributed by atoms with Crippen molar-refractivity contribution in [1.29, 1.82) is 0 Å². The van der Waals surface area contributed by atoms with Crippen LogP contribution in [0.2, 0.25) is 0 Å². The average molecular weight is 382 g/mol. The van der Waals surface area contributed by atoms with Gasteiger partial charge in [0.15, 0.2) is 0 Å². The SMILES string of the molecule is O=C(Cc1cccc(O)c1)N1CCC[C@@](O)(CN2CCC(F)(F)CC2)CC1. The van der Waals surface area contributed by atoms with E-state index in [0.717, 1.165) is 5.56 Å². The van der Waals surface area contributed by atoms with Crippen molar-refractivity contribution in [1.82, 2.24) is 9.80 Å². The van der Waals surface area contributed by atoms with Crippen LogP contribution in [0.1, 0.15) is 37.7 Å². The summed E-state index contributed by atoms with van der Waals surface area (Å²) in [6.07, 6.45) is 1.61. The highest BCUT2D eigenvalue weighted by molar-refractivity contribution is 5.78. The maximum Gasteiger partial charge on any atom is 0.250 e. The maximum absolute atomic E-state index is 13.3. The van der Waals surface area contributed by atoms with Crippen molar-refractivity contribution in [3.05, 3.63) is 29.8 Å². The third-order valence-electron chi connectivity index (χ3n) is 5.64. The zero-order valence-electron chi connectivity index (χ0n) is 15.5. The van der Waals surface area contributed by atoms with Crippen molar-refractivity contribution in [3.8, 4) is 5.75 Å². The Bertz CT molecular complexity index is 660. The van der Waals surface area contributed by atoms with Gasteiger partial charge in [-0.05, 0) is 37.0 Å². The summed E-state index contributed by atoms with van der Waals surface area (Å²) in [6.45, 7) is 2.03. The second-order valence-corrected chi connectivity index (χ2v) is 7.94. The highest BCUT2D eigenvalue weighted by Crippen LogP contribution is 2.30. The molecule has 1 amide bonds. The number of hydrogen-bond donors (Lipinski definition) is 2. The Hall–Kier alpha value is -1.73. The molecular weight excluding hydrogens is 354 g/mol. The Kier molecular flexibility index (Phi) is 6.01. The predicted molar refractivity (Wildman–Crippen MR) is 97.8 cm³/mol. The Labute approximate surface area is 158 Å². The fourth-order valence-electron chi connectivity index (χ4n) is 3.99. The van der Waals surface area contributed by atoms with E-state index in [0.29, 0.717) is 52.0 Å². The molecule has 0 bridgehead atoms. The van der Waals surface area contributed by atoms with Gasteiger partial charge >= 0.3 is 0 Å². The Morgan fingerprint density at radius 2 is 1.81 bits per heavy atom. The molecule has 150 valence electrons. The summed E-state index contributed by atoms with van der Waals surface area (Å²) in [5, 5.41) is 20.5. The molecule has 1 atom stereocenters. The summed E-state index contributed by atoms with van der Waals surface area (Å²) < 4.78 is 26.6. The first kappa shape index (κ1) is 20.0. The summed E-state index contributed by atoms with van der Waals surface area (Å²) in [5.41, 5.74) is -0.180. The number of halogens is 2. The van der Waals surface area contributed by atoms with E-state index in [4.69, 9.17) is 0 Å². The van der Waals surface area contributed by atoms with Gasteiger partial charge in [0.2, 0.25) is 5.91 Å². The number of phenolic OH excluding ortho intramolecular Hbond substituents is 1. The van der Waals surface area contributed by atoms with Crippen LogP contribution in [0.25, 0.3) is 0 Å². The van der Waals surface area contributed by atoms with E-state index in [1.807, 2.05) is 4.90 Å². The monoisotopic (exact) mass is 382 g/mol. The number of nitrogens with zero attached hydrogens (tertiary/aromatic N) is 2. The molecule has 1 aromatic rings. The van der Waals surface area contributed by atoms with Gasteiger partial charge in [0.1, 0.15) is 5.75 Å². The molecule has 2 aliphatic rings. The summed E-state index contributed by atoms with van der Waals surface area (Å²) in [6, 6.07) is 6.66. The first-order valence-electron chi connectivity index (χ1n) is 9.63. The molecule has 2 aliphatic heterocycles. The number of likely N-dealkylation sites (tertiary alicyclic amines) is 2. The Morgan fingerprint density at radius 1 is 1.07 bits per heavy atom. The van der Waals surface area contributed by atoms with Gasteiger partial charge in [0.05, 0.1) is 12.0 Å². The van der Waals surface area contributed by atoms with Crippen molar-refractivity contribution < 1.29 is 23.8 Å². The first-order chi connectivity index (χ1) is 12.7. The zero-order chi connectivity index (χ0) is 19.5. The average Bonchev–Trinajstić information content (AvgIpc) is 2.79. The third-order valence-corrected chi connectivity index (χ3v) is 5.64. The second-order valence-electron chi connectivity index (χ2n) is 7.94. The van der Waals surface area contributed by atoms with E-state index in [1.165, 1.54) is 0 Å². The summed E-state index contributed by atoms with van der Waals surface area (Å²) in [4.78, 5) is 16.2. The van der Waals surface area contributed by atoms with E-state index >= 15 is 0 Å². The number of rotatable bonds is 4. The van der Waals surface area contributed by atoms with Crippen molar-refractivity contribution in [2.24, 2.45) is 0 Å². The molecule has 0 radical (unpaired) electrons. The molecule has 0 saturated carbocycles. The van der Waals surface area contributed by atoms with Crippen LogP contribution >= 0.6 is 0 Å². The summed E-state index contributed by atoms with van der Waals surface area (Å²) in [5.74, 6) is -2.47. The quantitative estimate of drug-likeness (QED) is 0.840. The lowest BCUT2D eigenvalue weighted by atomic mass is 9.93. The van der Waals surface area contributed by atoms with Crippen molar-refractivity contribution in [3.63, 3.8) is 0 Å². The number of β-amino-alcohol motifs (C(OH)–C–C–N with tert-alkyl or cyclic N) is 1. The molecule has 0 aliphatic carbocycles. The van der Waals surface area contributed by atoms with Gasteiger partial charge in [-0.25, -0.2) is 8.78 Å². The fraction of sp³-hybridized carbons (Fsp3) is 0.650. The topological polar surface area (TPSA) is 64.0 Å². The molecule has 27 heavy (non-hydrogen) atoms. The molecule has 0 aromatic heterocycles. The minimum absolute atomic E-state index is 0.0255. The summed E-state index contributed by atoms with van der Waals surface area (Å²) >= 11 is 0. The van der Waals surface area contributed by atoms with Crippen LogP contribution in [0.4, 0.5) is 8.78 Å². The first-order valence-corrected chi connectivity index (χ1v) is 9.63. The highest BCUT2D eigenvalue weighted by Gasteiger charge is 2.38. The maximum atomic E-state index is 13.3. The molecule has 0 unspecified atom stereocenters. The van der Waals surface area contributed by atoms with E-state index in [-0.39, 0.29) is 30.9 Å². The molecule has 7 heteroatoms. The highest BCUT2D eigenvalue weighted by atomic mass is 19.3. The molecule has 2 saturated heterocycles. The largest absolute Gasteiger partial charge is 0.508 e. The molecule has 2 fully saturated rings. The minimum Gasteiger partial charge on any atom is -0.508 e. The number of hydrogen-bond acceptors (Lipinski definition) is 4. The van der Waals surface area contributed by atoms with Gasteiger partial charge in [0.25, 0.3) is 5.92 Å². The smallest absolute Gasteiger partial charge is 0.250 e. The molecule has 1 aromatic carbocycles. The lowest BCUT2D eigenvalue weighted by Crippen LogP contribution is -2.48. The van der Waals surface area contributed by atoms with Gasteiger partial charge < -0.3 is 20.0 Å². The lowest BCUT2D eigenvalue weighted by Gasteiger charge is -2.37. The molecular formula is C20H28F2N2O3. The number of aliphatic hydroxyl groups is 1. The number of amides is 1. The number of aromatic hydroxyl groups is 1. The second kappa shape index (κ2) is 8.10. The Balaban J connectivity index is 1.52. The van der Waals surface area contributed by atoms with Crippen LogP contribution in [0.3, 0.4) is 0 Å². The van der Waals surface area contributed by atoms with E-state index in [9.17, 15) is 23.8 Å². The van der Waals surface area contributed by atoms with Crippen LogP contribution in [-0.2, 0) is 11.2 Å². The van der Waals surface area contributed by atoms with E-state index in [2.05, 4.69) is 0 Å². The van der Waals surface area contributed by atoms with Crippen LogP contribution < -0.4 is 0 Å². The molecule has 0 spiro atoms. The minimum atomic E-state index is -2.59. The lowest BCUT2D eigenvalue weighted by molar-refractivity contribution is -0.130. The zero-order valence-corrected chi connectivity index (χ0v) is 15.5. The van der Waals surface area contributed by atoms with Crippen LogP contribution in [0.15, 0.2) is 24.3 Å². The molecule has 2 N–H and O–H groups in total. The fourth-order valence-corrected chi connectivity index (χ4v) is 3.99. The van der Waals surface area contributed by atoms with Crippen LogP contribution in [0.5, 0.6) is 5.75 Å². The van der Waals surface area contributed by atoms with Crippen molar-refractivity contribution in [2.45, 2.75) is 50.0 Å².